The summed E-state index contributed by atoms with van der Waals surface area (Å²) in [7, 11) is 0. The third-order valence-corrected chi connectivity index (χ3v) is 4.83. The average Bonchev–Trinajstić information content (AvgIpc) is 3.24. The van der Waals surface area contributed by atoms with Crippen LogP contribution in [0.15, 0.2) is 76.7 Å². The van der Waals surface area contributed by atoms with Gasteiger partial charge in [-0.3, -0.25) is 0 Å². The molecule has 1 aliphatic rings. The van der Waals surface area contributed by atoms with Gasteiger partial charge in [0.15, 0.2) is 0 Å². The number of rotatable bonds is 3. The van der Waals surface area contributed by atoms with Crippen molar-refractivity contribution < 1.29 is 13.9 Å². The second-order valence-electron chi connectivity index (χ2n) is 6.07. The standard InChI is InChI=1S/C22H15IO3/c1-14-2-4-16(5-3-14)21-13-17(22(24)26-21)12-19-10-11-20(25-19)15-6-8-18(23)9-7-15/h2-13H,1H3/b17-12+. The van der Waals surface area contributed by atoms with E-state index in [9.17, 15) is 4.79 Å². The van der Waals surface area contributed by atoms with Gasteiger partial charge in [-0.15, -0.1) is 0 Å². The second-order valence-corrected chi connectivity index (χ2v) is 7.32. The van der Waals surface area contributed by atoms with E-state index in [0.717, 1.165) is 22.5 Å². The molecule has 2 heterocycles. The van der Waals surface area contributed by atoms with Crippen molar-refractivity contribution in [2.24, 2.45) is 0 Å². The lowest BCUT2D eigenvalue weighted by Crippen LogP contribution is -1.96. The number of ether oxygens (including phenoxy) is 1. The molecule has 1 aliphatic heterocycles. The lowest BCUT2D eigenvalue weighted by molar-refractivity contribution is -0.130. The van der Waals surface area contributed by atoms with Crippen molar-refractivity contribution in [1.82, 2.24) is 0 Å². The van der Waals surface area contributed by atoms with Gasteiger partial charge in [0.1, 0.15) is 17.3 Å². The van der Waals surface area contributed by atoms with Gasteiger partial charge in [0, 0.05) is 14.7 Å². The molecule has 0 unspecified atom stereocenters. The van der Waals surface area contributed by atoms with E-state index in [4.69, 9.17) is 9.15 Å². The molecule has 3 aromatic rings. The average molecular weight is 454 g/mol. The van der Waals surface area contributed by atoms with Crippen LogP contribution in [0.3, 0.4) is 0 Å². The van der Waals surface area contributed by atoms with Gasteiger partial charge in [0.2, 0.25) is 0 Å². The lowest BCUT2D eigenvalue weighted by Gasteiger charge is -2.01. The van der Waals surface area contributed by atoms with Gasteiger partial charge in [0.05, 0.1) is 5.57 Å². The molecular formula is C22H15IO3. The van der Waals surface area contributed by atoms with Gasteiger partial charge < -0.3 is 9.15 Å². The summed E-state index contributed by atoms with van der Waals surface area (Å²) >= 11 is 2.27. The molecular weight excluding hydrogens is 439 g/mol. The number of hydrogen-bond acceptors (Lipinski definition) is 3. The van der Waals surface area contributed by atoms with Crippen molar-refractivity contribution in [3.8, 4) is 11.3 Å². The van der Waals surface area contributed by atoms with Gasteiger partial charge in [0.25, 0.3) is 0 Å². The Morgan fingerprint density at radius 2 is 1.58 bits per heavy atom. The first-order valence-electron chi connectivity index (χ1n) is 8.17. The molecule has 0 spiro atoms. The van der Waals surface area contributed by atoms with E-state index in [2.05, 4.69) is 22.6 Å². The topological polar surface area (TPSA) is 39.4 Å². The van der Waals surface area contributed by atoms with E-state index in [-0.39, 0.29) is 5.97 Å². The fourth-order valence-electron chi connectivity index (χ4n) is 2.70. The predicted octanol–water partition coefficient (Wildman–Crippen LogP) is 5.84. The first kappa shape index (κ1) is 16.8. The number of furan rings is 1. The Morgan fingerprint density at radius 1 is 0.885 bits per heavy atom. The molecule has 0 amide bonds. The predicted molar refractivity (Wildman–Crippen MR) is 110 cm³/mol. The number of halogens is 1. The summed E-state index contributed by atoms with van der Waals surface area (Å²) in [5.41, 5.74) is 3.52. The first-order chi connectivity index (χ1) is 12.6. The smallest absolute Gasteiger partial charge is 0.343 e. The van der Waals surface area contributed by atoms with Gasteiger partial charge in [-0.2, -0.15) is 0 Å². The fraction of sp³-hybridized carbons (Fsp3) is 0.0455. The maximum Gasteiger partial charge on any atom is 0.343 e. The third-order valence-electron chi connectivity index (χ3n) is 4.11. The quantitative estimate of drug-likeness (QED) is 0.284. The van der Waals surface area contributed by atoms with Crippen molar-refractivity contribution in [3.05, 3.63) is 92.8 Å². The Labute approximate surface area is 165 Å². The summed E-state index contributed by atoms with van der Waals surface area (Å²) in [5.74, 6) is 1.58. The molecule has 3 nitrogen and oxygen atoms in total. The normalized spacial score (nSPS) is 15.2. The van der Waals surface area contributed by atoms with Crippen LogP contribution >= 0.6 is 22.6 Å². The molecule has 4 rings (SSSR count). The largest absolute Gasteiger partial charge is 0.457 e. The van der Waals surface area contributed by atoms with E-state index in [1.54, 1.807) is 12.2 Å². The Bertz CT molecular complexity index is 1020. The molecule has 0 atom stereocenters. The molecule has 0 saturated heterocycles. The Kier molecular flexibility index (Phi) is 4.51. The number of esters is 1. The van der Waals surface area contributed by atoms with Gasteiger partial charge in [-0.25, -0.2) is 4.79 Å². The summed E-state index contributed by atoms with van der Waals surface area (Å²) in [4.78, 5) is 12.2. The summed E-state index contributed by atoms with van der Waals surface area (Å²) < 4.78 is 12.4. The molecule has 0 radical (unpaired) electrons. The molecule has 4 heteroatoms. The van der Waals surface area contributed by atoms with Gasteiger partial charge >= 0.3 is 5.97 Å². The zero-order valence-corrected chi connectivity index (χ0v) is 16.2. The molecule has 0 bridgehead atoms. The van der Waals surface area contributed by atoms with Crippen LogP contribution in [0, 0.1) is 10.5 Å². The SMILES string of the molecule is Cc1ccc(C2=C/C(=C\c3ccc(-c4ccc(I)cc4)o3)C(=O)O2)cc1. The monoisotopic (exact) mass is 454 g/mol. The Balaban J connectivity index is 1.61. The minimum absolute atomic E-state index is 0.368. The molecule has 0 aliphatic carbocycles. The molecule has 26 heavy (non-hydrogen) atoms. The number of benzene rings is 2. The number of aryl methyl sites for hydroxylation is 1. The molecule has 128 valence electrons. The van der Waals surface area contributed by atoms with Crippen molar-refractivity contribution in [3.63, 3.8) is 0 Å². The Hall–Kier alpha value is -2.60. The maximum absolute atomic E-state index is 12.2. The third kappa shape index (κ3) is 3.51. The first-order valence-corrected chi connectivity index (χ1v) is 9.25. The molecule has 0 saturated carbocycles. The lowest BCUT2D eigenvalue weighted by atomic mass is 10.1. The van der Waals surface area contributed by atoms with Crippen LogP contribution in [0.25, 0.3) is 23.2 Å². The van der Waals surface area contributed by atoms with E-state index in [1.165, 1.54) is 3.57 Å². The zero-order valence-electron chi connectivity index (χ0n) is 14.0. The highest BCUT2D eigenvalue weighted by Crippen LogP contribution is 2.29. The molecule has 0 fully saturated rings. The molecule has 0 N–H and O–H groups in total. The highest BCUT2D eigenvalue weighted by atomic mass is 127. The van der Waals surface area contributed by atoms with E-state index in [1.807, 2.05) is 67.6 Å². The van der Waals surface area contributed by atoms with Crippen molar-refractivity contribution >= 4 is 40.4 Å². The number of cyclic esters (lactones) is 1. The Morgan fingerprint density at radius 3 is 2.31 bits per heavy atom. The summed E-state index contributed by atoms with van der Waals surface area (Å²) in [6, 6.07) is 19.7. The number of hydrogen-bond donors (Lipinski definition) is 0. The van der Waals surface area contributed by atoms with E-state index < -0.39 is 0 Å². The van der Waals surface area contributed by atoms with Gasteiger partial charge in [-0.05, 0) is 65.9 Å². The van der Waals surface area contributed by atoms with Gasteiger partial charge in [-0.1, -0.05) is 42.0 Å². The van der Waals surface area contributed by atoms with Crippen LogP contribution in [0.4, 0.5) is 0 Å². The van der Waals surface area contributed by atoms with Crippen LogP contribution in [0.2, 0.25) is 0 Å². The van der Waals surface area contributed by atoms with Crippen LogP contribution in [0.1, 0.15) is 16.9 Å². The van der Waals surface area contributed by atoms with Crippen LogP contribution in [-0.4, -0.2) is 5.97 Å². The highest BCUT2D eigenvalue weighted by molar-refractivity contribution is 14.1. The summed E-state index contributed by atoms with van der Waals surface area (Å²) in [6.07, 6.45) is 3.46. The fourth-order valence-corrected chi connectivity index (χ4v) is 3.06. The molecule has 2 aromatic carbocycles. The van der Waals surface area contributed by atoms with Crippen molar-refractivity contribution in [1.29, 1.82) is 0 Å². The summed E-state index contributed by atoms with van der Waals surface area (Å²) in [5, 5.41) is 0. The highest BCUT2D eigenvalue weighted by Gasteiger charge is 2.22. The summed E-state index contributed by atoms with van der Waals surface area (Å²) in [6.45, 7) is 2.02. The van der Waals surface area contributed by atoms with Crippen molar-refractivity contribution in [2.45, 2.75) is 6.92 Å². The number of carbonyl (C=O) groups is 1. The minimum Gasteiger partial charge on any atom is -0.457 e. The maximum atomic E-state index is 12.2. The van der Waals surface area contributed by atoms with Crippen molar-refractivity contribution in [2.75, 3.05) is 0 Å². The van der Waals surface area contributed by atoms with Crippen LogP contribution < -0.4 is 0 Å². The minimum atomic E-state index is -0.368. The van der Waals surface area contributed by atoms with E-state index in [0.29, 0.717) is 17.1 Å². The van der Waals surface area contributed by atoms with Crippen LogP contribution in [0.5, 0.6) is 0 Å². The van der Waals surface area contributed by atoms with Crippen LogP contribution in [-0.2, 0) is 9.53 Å². The second kappa shape index (κ2) is 6.96. The molecule has 1 aromatic heterocycles. The van der Waals surface area contributed by atoms with E-state index >= 15 is 0 Å². The zero-order chi connectivity index (χ0) is 18.1. The number of carbonyl (C=O) groups excluding carboxylic acids is 1.